The number of halogens is 1. The molecule has 94 valence electrons. The topological polar surface area (TPSA) is 101 Å². The molecular weight excluding hydrogens is 249 g/mol. The molecule has 0 aliphatic heterocycles. The minimum absolute atomic E-state index is 0.165. The number of anilines is 1. The van der Waals surface area contributed by atoms with Crippen LogP contribution in [0, 0.1) is 5.82 Å². The Bertz CT molecular complexity index is 530. The van der Waals surface area contributed by atoms with Crippen molar-refractivity contribution in [1.82, 2.24) is 10.0 Å². The van der Waals surface area contributed by atoms with Gasteiger partial charge >= 0.3 is 6.03 Å². The Balaban J connectivity index is 2.97. The summed E-state index contributed by atoms with van der Waals surface area (Å²) >= 11 is 0. The van der Waals surface area contributed by atoms with Gasteiger partial charge in [-0.2, -0.15) is 0 Å². The molecule has 1 rings (SSSR count). The van der Waals surface area contributed by atoms with Gasteiger partial charge in [-0.25, -0.2) is 22.3 Å². The molecule has 0 aliphatic carbocycles. The maximum Gasteiger partial charge on any atom is 0.328 e. The lowest BCUT2D eigenvalue weighted by Crippen LogP contribution is -2.39. The summed E-state index contributed by atoms with van der Waals surface area (Å²) in [7, 11) is -4.08. The summed E-state index contributed by atoms with van der Waals surface area (Å²) in [6.07, 6.45) is 0. The minimum Gasteiger partial charge on any atom is -0.396 e. The van der Waals surface area contributed by atoms with Gasteiger partial charge in [0, 0.05) is 6.54 Å². The number of nitrogens with two attached hydrogens (primary N) is 1. The van der Waals surface area contributed by atoms with Crippen LogP contribution in [0.4, 0.5) is 14.9 Å². The number of amides is 2. The van der Waals surface area contributed by atoms with Gasteiger partial charge < -0.3 is 11.1 Å². The molecule has 4 N–H and O–H groups in total. The molecule has 0 unspecified atom stereocenters. The Morgan fingerprint density at radius 2 is 2.12 bits per heavy atom. The van der Waals surface area contributed by atoms with E-state index in [9.17, 15) is 17.6 Å². The number of sulfonamides is 1. The number of urea groups is 1. The largest absolute Gasteiger partial charge is 0.396 e. The number of benzene rings is 1. The Kier molecular flexibility index (Phi) is 3.89. The van der Waals surface area contributed by atoms with Gasteiger partial charge in [0.1, 0.15) is 5.82 Å². The van der Waals surface area contributed by atoms with E-state index < -0.39 is 21.9 Å². The molecule has 0 aliphatic rings. The first-order chi connectivity index (χ1) is 7.86. The van der Waals surface area contributed by atoms with Gasteiger partial charge in [0.15, 0.2) is 0 Å². The van der Waals surface area contributed by atoms with Crippen molar-refractivity contribution in [3.63, 3.8) is 0 Å². The first-order valence-corrected chi connectivity index (χ1v) is 6.21. The molecular formula is C9H12FN3O3S. The highest BCUT2D eigenvalue weighted by molar-refractivity contribution is 7.90. The van der Waals surface area contributed by atoms with E-state index in [1.54, 1.807) is 11.6 Å². The molecule has 0 radical (unpaired) electrons. The van der Waals surface area contributed by atoms with Crippen LogP contribution >= 0.6 is 0 Å². The predicted molar refractivity (Wildman–Crippen MR) is 60.2 cm³/mol. The van der Waals surface area contributed by atoms with Crippen LogP contribution in [-0.4, -0.2) is 21.0 Å². The van der Waals surface area contributed by atoms with Crippen molar-refractivity contribution in [2.45, 2.75) is 11.8 Å². The number of rotatable bonds is 3. The minimum atomic E-state index is -4.08. The number of nitrogen functional groups attached to an aromatic ring is 1. The molecule has 0 aromatic heterocycles. The number of carbonyl (C=O) groups excluding carboxylic acids is 1. The summed E-state index contributed by atoms with van der Waals surface area (Å²) in [5.41, 5.74) is 5.05. The third-order valence-corrected chi connectivity index (χ3v) is 3.18. The number of hydrogen-bond donors (Lipinski definition) is 3. The fraction of sp³-hybridized carbons (Fsp3) is 0.222. The lowest BCUT2D eigenvalue weighted by atomic mass is 10.3. The predicted octanol–water partition coefficient (Wildman–Crippen LogP) is 0.416. The van der Waals surface area contributed by atoms with Crippen molar-refractivity contribution >= 4 is 21.7 Å². The van der Waals surface area contributed by atoms with Gasteiger partial charge in [-0.15, -0.1) is 0 Å². The molecule has 0 saturated heterocycles. The van der Waals surface area contributed by atoms with Crippen LogP contribution in [0.3, 0.4) is 0 Å². The molecule has 0 heterocycles. The van der Waals surface area contributed by atoms with E-state index in [1.807, 2.05) is 0 Å². The molecule has 6 nitrogen and oxygen atoms in total. The van der Waals surface area contributed by atoms with E-state index in [4.69, 9.17) is 5.73 Å². The average molecular weight is 261 g/mol. The third kappa shape index (κ3) is 3.31. The average Bonchev–Trinajstić information content (AvgIpc) is 2.21. The van der Waals surface area contributed by atoms with Crippen molar-refractivity contribution in [2.24, 2.45) is 0 Å². The van der Waals surface area contributed by atoms with E-state index >= 15 is 0 Å². The van der Waals surface area contributed by atoms with Crippen molar-refractivity contribution in [1.29, 1.82) is 0 Å². The molecule has 0 spiro atoms. The molecule has 0 saturated carbocycles. The SMILES string of the molecule is CCNC(=O)NS(=O)(=O)c1ccc(N)c(F)c1. The van der Waals surface area contributed by atoms with E-state index in [0.717, 1.165) is 18.2 Å². The number of nitrogens with one attached hydrogen (secondary N) is 2. The fourth-order valence-electron chi connectivity index (χ4n) is 1.05. The van der Waals surface area contributed by atoms with Crippen LogP contribution in [0.5, 0.6) is 0 Å². The maximum atomic E-state index is 13.1. The van der Waals surface area contributed by atoms with Crippen LogP contribution < -0.4 is 15.8 Å². The summed E-state index contributed by atoms with van der Waals surface area (Å²) in [5.74, 6) is -0.858. The molecule has 0 atom stereocenters. The van der Waals surface area contributed by atoms with Crippen LogP contribution in [0.25, 0.3) is 0 Å². The Labute approximate surface area is 98.1 Å². The quantitative estimate of drug-likeness (QED) is 0.686. The van der Waals surface area contributed by atoms with E-state index in [2.05, 4.69) is 5.32 Å². The molecule has 2 amide bonds. The van der Waals surface area contributed by atoms with Gasteiger partial charge in [-0.05, 0) is 25.1 Å². The zero-order valence-electron chi connectivity index (χ0n) is 9.03. The van der Waals surface area contributed by atoms with Crippen molar-refractivity contribution in [3.8, 4) is 0 Å². The Morgan fingerprint density at radius 1 is 1.47 bits per heavy atom. The van der Waals surface area contributed by atoms with Crippen LogP contribution in [0.1, 0.15) is 6.92 Å². The fourth-order valence-corrected chi connectivity index (χ4v) is 1.99. The van der Waals surface area contributed by atoms with Crippen molar-refractivity contribution < 1.29 is 17.6 Å². The highest BCUT2D eigenvalue weighted by Crippen LogP contribution is 2.15. The smallest absolute Gasteiger partial charge is 0.328 e. The summed E-state index contributed by atoms with van der Waals surface area (Å²) in [6, 6.07) is 2.10. The molecule has 0 fully saturated rings. The first kappa shape index (κ1) is 13.2. The van der Waals surface area contributed by atoms with Crippen molar-refractivity contribution in [3.05, 3.63) is 24.0 Å². The van der Waals surface area contributed by atoms with Crippen LogP contribution in [0.15, 0.2) is 23.1 Å². The second kappa shape index (κ2) is 5.00. The van der Waals surface area contributed by atoms with Crippen molar-refractivity contribution in [2.75, 3.05) is 12.3 Å². The molecule has 1 aromatic carbocycles. The van der Waals surface area contributed by atoms with Crippen LogP contribution in [-0.2, 0) is 10.0 Å². The Morgan fingerprint density at radius 3 is 2.65 bits per heavy atom. The normalized spacial score (nSPS) is 10.9. The van der Waals surface area contributed by atoms with Gasteiger partial charge in [0.25, 0.3) is 10.0 Å². The summed E-state index contributed by atoms with van der Waals surface area (Å²) in [4.78, 5) is 10.7. The lowest BCUT2D eigenvalue weighted by molar-refractivity contribution is 0.246. The molecule has 17 heavy (non-hydrogen) atoms. The first-order valence-electron chi connectivity index (χ1n) is 4.72. The highest BCUT2D eigenvalue weighted by atomic mass is 32.2. The summed E-state index contributed by atoms with van der Waals surface area (Å²) in [5, 5.41) is 2.25. The summed E-state index contributed by atoms with van der Waals surface area (Å²) < 4.78 is 38.0. The zero-order chi connectivity index (χ0) is 13.1. The molecule has 1 aromatic rings. The Hall–Kier alpha value is -1.83. The third-order valence-electron chi connectivity index (χ3n) is 1.85. The lowest BCUT2D eigenvalue weighted by Gasteiger charge is -2.07. The van der Waals surface area contributed by atoms with E-state index in [1.165, 1.54) is 0 Å². The van der Waals surface area contributed by atoms with Gasteiger partial charge in [-0.1, -0.05) is 0 Å². The maximum absolute atomic E-state index is 13.1. The highest BCUT2D eigenvalue weighted by Gasteiger charge is 2.18. The summed E-state index contributed by atoms with van der Waals surface area (Å²) in [6.45, 7) is 1.91. The second-order valence-corrected chi connectivity index (χ2v) is 4.83. The van der Waals surface area contributed by atoms with Gasteiger partial charge in [-0.3, -0.25) is 0 Å². The monoisotopic (exact) mass is 261 g/mol. The molecule has 0 bridgehead atoms. The number of carbonyl (C=O) groups is 1. The second-order valence-electron chi connectivity index (χ2n) is 3.15. The van der Waals surface area contributed by atoms with E-state index in [0.29, 0.717) is 0 Å². The standard InChI is InChI=1S/C9H12FN3O3S/c1-2-12-9(14)13-17(15,16)6-3-4-8(11)7(10)5-6/h3-5H,2,11H2,1H3,(H2,12,13,14). The zero-order valence-corrected chi connectivity index (χ0v) is 9.84. The van der Waals surface area contributed by atoms with E-state index in [-0.39, 0.29) is 17.1 Å². The van der Waals surface area contributed by atoms with Gasteiger partial charge in [0.05, 0.1) is 10.6 Å². The number of hydrogen-bond acceptors (Lipinski definition) is 4. The van der Waals surface area contributed by atoms with Gasteiger partial charge in [0.2, 0.25) is 0 Å². The molecule has 8 heteroatoms. The van der Waals surface area contributed by atoms with Crippen LogP contribution in [0.2, 0.25) is 0 Å².